The molecule has 0 spiro atoms. The highest BCUT2D eigenvalue weighted by Crippen LogP contribution is 2.19. The zero-order valence-electron chi connectivity index (χ0n) is 16.1. The van der Waals surface area contributed by atoms with Crippen LogP contribution in [0.25, 0.3) is 10.8 Å². The standard InChI is InChI=1S/C22H24N2O4/c1-14-19(15(2)28-24-14)12-27-21-13-26-10-9-20(21)23-22(25)18-8-7-16-5-3-4-6-17(16)11-18/h3-8,11,20-21H,9-10,12-13H2,1-2H3,(H,23,25). The van der Waals surface area contributed by atoms with Gasteiger partial charge in [0, 0.05) is 17.7 Å². The van der Waals surface area contributed by atoms with Gasteiger partial charge in [0.1, 0.15) is 11.9 Å². The van der Waals surface area contributed by atoms with E-state index in [-0.39, 0.29) is 18.1 Å². The van der Waals surface area contributed by atoms with Gasteiger partial charge in [0.15, 0.2) is 0 Å². The molecule has 2 unspecified atom stereocenters. The molecule has 1 amide bonds. The van der Waals surface area contributed by atoms with E-state index in [0.29, 0.717) is 31.8 Å². The van der Waals surface area contributed by atoms with Crippen molar-refractivity contribution in [3.63, 3.8) is 0 Å². The smallest absolute Gasteiger partial charge is 0.251 e. The minimum Gasteiger partial charge on any atom is -0.379 e. The van der Waals surface area contributed by atoms with Gasteiger partial charge in [-0.1, -0.05) is 35.5 Å². The van der Waals surface area contributed by atoms with Gasteiger partial charge >= 0.3 is 0 Å². The van der Waals surface area contributed by atoms with Crippen molar-refractivity contribution in [3.8, 4) is 0 Å². The Kier molecular flexibility index (Phi) is 5.41. The highest BCUT2D eigenvalue weighted by molar-refractivity contribution is 5.98. The minimum absolute atomic E-state index is 0.0939. The Hall–Kier alpha value is -2.70. The van der Waals surface area contributed by atoms with Gasteiger partial charge in [-0.15, -0.1) is 0 Å². The van der Waals surface area contributed by atoms with Gasteiger partial charge in [0.2, 0.25) is 0 Å². The van der Waals surface area contributed by atoms with Crippen molar-refractivity contribution in [2.24, 2.45) is 0 Å². The fourth-order valence-electron chi connectivity index (χ4n) is 3.52. The number of hydrogen-bond acceptors (Lipinski definition) is 5. The molecular weight excluding hydrogens is 356 g/mol. The molecule has 0 saturated carbocycles. The van der Waals surface area contributed by atoms with E-state index in [1.165, 1.54) is 0 Å². The molecule has 0 radical (unpaired) electrons. The molecule has 0 aliphatic carbocycles. The maximum atomic E-state index is 12.8. The van der Waals surface area contributed by atoms with Crippen LogP contribution in [0.3, 0.4) is 0 Å². The third-order valence-corrected chi connectivity index (χ3v) is 5.26. The SMILES string of the molecule is Cc1noc(C)c1COC1COCCC1NC(=O)c1ccc2ccccc2c1. The molecule has 1 fully saturated rings. The van der Waals surface area contributed by atoms with Gasteiger partial charge < -0.3 is 19.3 Å². The van der Waals surface area contributed by atoms with E-state index >= 15 is 0 Å². The van der Waals surface area contributed by atoms with E-state index in [2.05, 4.69) is 10.5 Å². The fourth-order valence-corrected chi connectivity index (χ4v) is 3.52. The number of nitrogens with one attached hydrogen (secondary N) is 1. The zero-order valence-corrected chi connectivity index (χ0v) is 16.1. The summed E-state index contributed by atoms with van der Waals surface area (Å²) in [5, 5.41) is 9.25. The highest BCUT2D eigenvalue weighted by atomic mass is 16.5. The number of carbonyl (C=O) groups is 1. The van der Waals surface area contributed by atoms with E-state index in [1.807, 2.05) is 56.3 Å². The third kappa shape index (κ3) is 3.93. The number of benzene rings is 2. The largest absolute Gasteiger partial charge is 0.379 e. The van der Waals surface area contributed by atoms with Crippen molar-refractivity contribution in [1.29, 1.82) is 0 Å². The first-order valence-corrected chi connectivity index (χ1v) is 9.52. The Morgan fingerprint density at radius 2 is 2.04 bits per heavy atom. The fraction of sp³-hybridized carbons (Fsp3) is 0.364. The number of rotatable bonds is 5. The van der Waals surface area contributed by atoms with Gasteiger partial charge in [0.05, 0.1) is 24.9 Å². The average Bonchev–Trinajstić information content (AvgIpc) is 3.04. The molecule has 6 nitrogen and oxygen atoms in total. The summed E-state index contributed by atoms with van der Waals surface area (Å²) in [4.78, 5) is 12.8. The van der Waals surface area contributed by atoms with Gasteiger partial charge in [-0.2, -0.15) is 0 Å². The van der Waals surface area contributed by atoms with E-state index < -0.39 is 0 Å². The van der Waals surface area contributed by atoms with Crippen molar-refractivity contribution in [2.45, 2.75) is 39.0 Å². The first-order chi connectivity index (χ1) is 13.6. The van der Waals surface area contributed by atoms with Crippen molar-refractivity contribution in [1.82, 2.24) is 10.5 Å². The summed E-state index contributed by atoms with van der Waals surface area (Å²) < 4.78 is 16.8. The summed E-state index contributed by atoms with van der Waals surface area (Å²) in [6.07, 6.45) is 0.498. The third-order valence-electron chi connectivity index (χ3n) is 5.26. The molecule has 146 valence electrons. The van der Waals surface area contributed by atoms with Crippen LogP contribution in [0, 0.1) is 13.8 Å². The van der Waals surface area contributed by atoms with Crippen LogP contribution >= 0.6 is 0 Å². The Morgan fingerprint density at radius 1 is 1.21 bits per heavy atom. The van der Waals surface area contributed by atoms with Crippen LogP contribution in [0.15, 0.2) is 47.0 Å². The van der Waals surface area contributed by atoms with Crippen LogP contribution < -0.4 is 5.32 Å². The van der Waals surface area contributed by atoms with Gasteiger partial charge in [-0.05, 0) is 43.2 Å². The molecule has 1 aromatic heterocycles. The highest BCUT2D eigenvalue weighted by Gasteiger charge is 2.29. The topological polar surface area (TPSA) is 73.6 Å². The molecule has 28 heavy (non-hydrogen) atoms. The number of amides is 1. The van der Waals surface area contributed by atoms with Crippen LogP contribution in [0.2, 0.25) is 0 Å². The summed E-state index contributed by atoms with van der Waals surface area (Å²) in [6, 6.07) is 13.7. The second-order valence-corrected chi connectivity index (χ2v) is 7.16. The number of fused-ring (bicyclic) bond motifs is 1. The molecule has 1 aliphatic rings. The van der Waals surface area contributed by atoms with Crippen molar-refractivity contribution in [2.75, 3.05) is 13.2 Å². The van der Waals surface area contributed by atoms with Gasteiger partial charge in [0.25, 0.3) is 5.91 Å². The lowest BCUT2D eigenvalue weighted by atomic mass is 10.0. The first kappa shape index (κ1) is 18.7. The molecule has 0 bridgehead atoms. The molecule has 2 heterocycles. The molecule has 3 aromatic rings. The lowest BCUT2D eigenvalue weighted by Crippen LogP contribution is -2.50. The minimum atomic E-state index is -0.216. The number of carbonyl (C=O) groups excluding carboxylic acids is 1. The van der Waals surface area contributed by atoms with Crippen LogP contribution in [0.1, 0.15) is 33.8 Å². The number of aryl methyl sites for hydroxylation is 2. The maximum Gasteiger partial charge on any atom is 0.251 e. The molecular formula is C22H24N2O4. The summed E-state index contributed by atoms with van der Waals surface area (Å²) in [7, 11) is 0. The Balaban J connectivity index is 1.44. The lowest BCUT2D eigenvalue weighted by molar-refractivity contribution is -0.0739. The van der Waals surface area contributed by atoms with Crippen molar-refractivity contribution in [3.05, 3.63) is 65.0 Å². The van der Waals surface area contributed by atoms with Crippen LogP contribution in [0.4, 0.5) is 0 Å². The van der Waals surface area contributed by atoms with Crippen LogP contribution in [-0.2, 0) is 16.1 Å². The molecule has 2 atom stereocenters. The summed E-state index contributed by atoms with van der Waals surface area (Å²) in [5.41, 5.74) is 2.42. The Morgan fingerprint density at radius 3 is 2.82 bits per heavy atom. The number of nitrogens with zero attached hydrogens (tertiary/aromatic N) is 1. The average molecular weight is 380 g/mol. The van der Waals surface area contributed by atoms with Crippen molar-refractivity contribution >= 4 is 16.7 Å². The molecule has 1 saturated heterocycles. The molecule has 2 aromatic carbocycles. The predicted octanol–water partition coefficient (Wildman–Crippen LogP) is 3.55. The Labute approximate surface area is 163 Å². The monoisotopic (exact) mass is 380 g/mol. The normalized spacial score (nSPS) is 19.6. The summed E-state index contributed by atoms with van der Waals surface area (Å²) in [6.45, 7) is 5.21. The molecule has 1 aliphatic heterocycles. The summed E-state index contributed by atoms with van der Waals surface area (Å²) in [5.74, 6) is 0.662. The predicted molar refractivity (Wildman–Crippen MR) is 105 cm³/mol. The second kappa shape index (κ2) is 8.12. The number of ether oxygens (including phenoxy) is 2. The van der Waals surface area contributed by atoms with Gasteiger partial charge in [-0.3, -0.25) is 4.79 Å². The zero-order chi connectivity index (χ0) is 19.5. The van der Waals surface area contributed by atoms with E-state index in [0.717, 1.165) is 27.8 Å². The molecule has 4 rings (SSSR count). The van der Waals surface area contributed by atoms with E-state index in [9.17, 15) is 4.79 Å². The lowest BCUT2D eigenvalue weighted by Gasteiger charge is -2.32. The first-order valence-electron chi connectivity index (χ1n) is 9.52. The Bertz CT molecular complexity index is 962. The molecule has 1 N–H and O–H groups in total. The van der Waals surface area contributed by atoms with E-state index in [4.69, 9.17) is 14.0 Å². The van der Waals surface area contributed by atoms with Crippen molar-refractivity contribution < 1.29 is 18.8 Å². The molecule has 6 heteroatoms. The quantitative estimate of drug-likeness (QED) is 0.733. The second-order valence-electron chi connectivity index (χ2n) is 7.16. The summed E-state index contributed by atoms with van der Waals surface area (Å²) >= 11 is 0. The number of hydrogen-bond donors (Lipinski definition) is 1. The van der Waals surface area contributed by atoms with Crippen LogP contribution in [0.5, 0.6) is 0 Å². The number of aromatic nitrogens is 1. The van der Waals surface area contributed by atoms with Crippen LogP contribution in [-0.4, -0.2) is 36.4 Å². The maximum absolute atomic E-state index is 12.8. The van der Waals surface area contributed by atoms with E-state index in [1.54, 1.807) is 0 Å². The van der Waals surface area contributed by atoms with Gasteiger partial charge in [-0.25, -0.2) is 0 Å².